The van der Waals surface area contributed by atoms with Crippen molar-refractivity contribution in [1.82, 2.24) is 10.2 Å². The molecule has 0 saturated carbocycles. The second kappa shape index (κ2) is 13.1. The first-order chi connectivity index (χ1) is 15.4. The third-order valence-electron chi connectivity index (χ3n) is 5.39. The summed E-state index contributed by atoms with van der Waals surface area (Å²) in [7, 11) is 1.53. The monoisotopic (exact) mass is 460 g/mol. The van der Waals surface area contributed by atoms with Gasteiger partial charge in [0.1, 0.15) is 0 Å². The molecule has 0 aliphatic heterocycles. The first-order valence-corrected chi connectivity index (χ1v) is 11.4. The van der Waals surface area contributed by atoms with Crippen LogP contribution in [0.25, 0.3) is 0 Å². The van der Waals surface area contributed by atoms with Crippen molar-refractivity contribution in [2.24, 2.45) is 0 Å². The van der Waals surface area contributed by atoms with E-state index < -0.39 is 0 Å². The zero-order valence-corrected chi connectivity index (χ0v) is 20.1. The molecule has 174 valence electrons. The Bertz CT molecular complexity index is 899. The molecule has 1 atom stereocenters. The second-order valence-electron chi connectivity index (χ2n) is 7.44. The van der Waals surface area contributed by atoms with Gasteiger partial charge in [-0.3, -0.25) is 14.5 Å². The van der Waals surface area contributed by atoms with Gasteiger partial charge in [-0.2, -0.15) is 0 Å². The Morgan fingerprint density at radius 2 is 1.81 bits per heavy atom. The lowest BCUT2D eigenvalue weighted by Gasteiger charge is -2.31. The highest BCUT2D eigenvalue weighted by molar-refractivity contribution is 6.31. The number of likely N-dealkylation sites (N-methyl/N-ethyl adjacent to an activating group) is 1. The van der Waals surface area contributed by atoms with Gasteiger partial charge in [0.15, 0.2) is 17.3 Å². The van der Waals surface area contributed by atoms with Crippen molar-refractivity contribution in [3.63, 3.8) is 0 Å². The van der Waals surface area contributed by atoms with E-state index >= 15 is 0 Å². The molecule has 2 aromatic rings. The minimum Gasteiger partial charge on any atom is -0.493 e. The highest BCUT2D eigenvalue weighted by Gasteiger charge is 2.21. The Morgan fingerprint density at radius 3 is 2.44 bits per heavy atom. The van der Waals surface area contributed by atoms with Crippen molar-refractivity contribution in [3.8, 4) is 11.5 Å². The Hall–Kier alpha value is -2.57. The van der Waals surface area contributed by atoms with E-state index in [9.17, 15) is 9.59 Å². The molecule has 7 heteroatoms. The fourth-order valence-corrected chi connectivity index (χ4v) is 3.83. The summed E-state index contributed by atoms with van der Waals surface area (Å²) >= 11 is 6.42. The van der Waals surface area contributed by atoms with Gasteiger partial charge < -0.3 is 14.8 Å². The molecule has 0 radical (unpaired) electrons. The van der Waals surface area contributed by atoms with E-state index in [1.165, 1.54) is 14.0 Å². The average molecular weight is 461 g/mol. The Labute approximate surface area is 195 Å². The first kappa shape index (κ1) is 25.7. The molecule has 2 aromatic carbocycles. The van der Waals surface area contributed by atoms with Crippen LogP contribution in [-0.2, 0) is 4.79 Å². The number of benzene rings is 2. The van der Waals surface area contributed by atoms with Crippen LogP contribution in [0.15, 0.2) is 42.5 Å². The lowest BCUT2D eigenvalue weighted by atomic mass is 10.0. The smallest absolute Gasteiger partial charge is 0.220 e. The lowest BCUT2D eigenvalue weighted by Crippen LogP contribution is -2.38. The van der Waals surface area contributed by atoms with Gasteiger partial charge in [-0.15, -0.1) is 0 Å². The summed E-state index contributed by atoms with van der Waals surface area (Å²) in [6.45, 7) is 8.29. The van der Waals surface area contributed by atoms with E-state index in [1.807, 2.05) is 24.3 Å². The van der Waals surface area contributed by atoms with Crippen LogP contribution >= 0.6 is 11.6 Å². The van der Waals surface area contributed by atoms with E-state index in [0.29, 0.717) is 48.1 Å². The second-order valence-corrected chi connectivity index (χ2v) is 7.84. The summed E-state index contributed by atoms with van der Waals surface area (Å²) in [5.74, 6) is 0.991. The molecule has 1 unspecified atom stereocenters. The molecular weight excluding hydrogens is 428 g/mol. The van der Waals surface area contributed by atoms with Crippen molar-refractivity contribution >= 4 is 23.3 Å². The number of methoxy groups -OCH3 is 1. The van der Waals surface area contributed by atoms with Crippen LogP contribution in [0.1, 0.15) is 55.6 Å². The minimum absolute atomic E-state index is 0.0166. The van der Waals surface area contributed by atoms with E-state index in [1.54, 1.807) is 18.2 Å². The topological polar surface area (TPSA) is 67.9 Å². The highest BCUT2D eigenvalue weighted by atomic mass is 35.5. The van der Waals surface area contributed by atoms with Crippen LogP contribution in [-0.4, -0.2) is 49.9 Å². The normalized spacial score (nSPS) is 11.8. The molecule has 0 aromatic heterocycles. The Balaban J connectivity index is 1.87. The van der Waals surface area contributed by atoms with Crippen LogP contribution in [0.4, 0.5) is 0 Å². The number of rotatable bonds is 13. The van der Waals surface area contributed by atoms with Gasteiger partial charge >= 0.3 is 0 Å². The molecule has 0 aliphatic rings. The predicted molar refractivity (Wildman–Crippen MR) is 128 cm³/mol. The van der Waals surface area contributed by atoms with E-state index in [4.69, 9.17) is 21.1 Å². The molecule has 6 nitrogen and oxygen atoms in total. The maximum absolute atomic E-state index is 12.4. The van der Waals surface area contributed by atoms with Crippen molar-refractivity contribution in [3.05, 3.63) is 58.6 Å². The maximum atomic E-state index is 12.4. The number of nitrogens with zero attached hydrogens (tertiary/aromatic N) is 1. The number of hydrogen-bond acceptors (Lipinski definition) is 5. The van der Waals surface area contributed by atoms with Gasteiger partial charge in [0, 0.05) is 23.6 Å². The highest BCUT2D eigenvalue weighted by Crippen LogP contribution is 2.29. The van der Waals surface area contributed by atoms with Crippen LogP contribution < -0.4 is 14.8 Å². The summed E-state index contributed by atoms with van der Waals surface area (Å²) in [4.78, 5) is 26.2. The summed E-state index contributed by atoms with van der Waals surface area (Å²) < 4.78 is 11.1. The fourth-order valence-electron chi connectivity index (χ4n) is 3.57. The summed E-state index contributed by atoms with van der Waals surface area (Å²) in [6.07, 6.45) is 0.910. The number of carbonyl (C=O) groups is 2. The molecular formula is C25H33ClN2O4. The molecule has 0 spiro atoms. The Morgan fingerprint density at radius 1 is 1.09 bits per heavy atom. The van der Waals surface area contributed by atoms with Crippen molar-refractivity contribution in [1.29, 1.82) is 0 Å². The van der Waals surface area contributed by atoms with Gasteiger partial charge in [0.25, 0.3) is 0 Å². The largest absolute Gasteiger partial charge is 0.493 e. The lowest BCUT2D eigenvalue weighted by molar-refractivity contribution is -0.121. The van der Waals surface area contributed by atoms with Crippen LogP contribution in [0.2, 0.25) is 5.02 Å². The van der Waals surface area contributed by atoms with E-state index in [2.05, 4.69) is 24.1 Å². The Kier molecular flexibility index (Phi) is 10.5. The molecule has 1 N–H and O–H groups in total. The summed E-state index contributed by atoms with van der Waals surface area (Å²) in [5.41, 5.74) is 1.58. The fraction of sp³-hybridized carbons (Fsp3) is 0.440. The number of amides is 1. The molecule has 32 heavy (non-hydrogen) atoms. The number of halogens is 1. The van der Waals surface area contributed by atoms with Crippen LogP contribution in [0.3, 0.4) is 0 Å². The van der Waals surface area contributed by atoms with E-state index in [-0.39, 0.29) is 17.7 Å². The van der Waals surface area contributed by atoms with Crippen molar-refractivity contribution in [2.75, 3.05) is 33.4 Å². The molecule has 0 aliphatic carbocycles. The standard InChI is InChI=1S/C25H33ClN2O4/c1-5-28(6-2)22(20-10-7-8-11-21(20)26)17-27-25(30)12-9-15-32-23-14-13-19(18(3)29)16-24(23)31-4/h7-8,10-11,13-14,16,22H,5-6,9,12,15,17H2,1-4H3,(H,27,30). The molecule has 0 bridgehead atoms. The van der Waals surface area contributed by atoms with Gasteiger partial charge in [-0.25, -0.2) is 0 Å². The van der Waals surface area contributed by atoms with Gasteiger partial charge in [-0.05, 0) is 56.3 Å². The number of Topliss-reactive ketones (excluding diaryl/α,β-unsaturated/α-hetero) is 1. The van der Waals surface area contributed by atoms with Crippen molar-refractivity contribution < 1.29 is 19.1 Å². The molecule has 1 amide bonds. The number of carbonyl (C=O) groups excluding carboxylic acids is 2. The SMILES string of the molecule is CCN(CC)C(CNC(=O)CCCOc1ccc(C(C)=O)cc1OC)c1ccccc1Cl. The van der Waals surface area contributed by atoms with Crippen LogP contribution in [0.5, 0.6) is 11.5 Å². The molecule has 0 saturated heterocycles. The maximum Gasteiger partial charge on any atom is 0.220 e. The summed E-state index contributed by atoms with van der Waals surface area (Å²) in [6, 6.07) is 12.9. The third kappa shape index (κ3) is 7.24. The first-order valence-electron chi connectivity index (χ1n) is 11.0. The van der Waals surface area contributed by atoms with Crippen molar-refractivity contribution in [2.45, 2.75) is 39.7 Å². The van der Waals surface area contributed by atoms with Gasteiger partial charge in [0.2, 0.25) is 5.91 Å². The zero-order chi connectivity index (χ0) is 23.5. The predicted octanol–water partition coefficient (Wildman–Crippen LogP) is 4.91. The van der Waals surface area contributed by atoms with Gasteiger partial charge in [0.05, 0.1) is 19.8 Å². The molecule has 0 heterocycles. The molecule has 0 fully saturated rings. The number of nitrogens with one attached hydrogen (secondary N) is 1. The number of hydrogen-bond donors (Lipinski definition) is 1. The number of ketones is 1. The molecule has 2 rings (SSSR count). The average Bonchev–Trinajstić information content (AvgIpc) is 2.80. The van der Waals surface area contributed by atoms with E-state index in [0.717, 1.165) is 18.7 Å². The third-order valence-corrected chi connectivity index (χ3v) is 5.73. The summed E-state index contributed by atoms with van der Waals surface area (Å²) in [5, 5.41) is 3.75. The quantitative estimate of drug-likeness (QED) is 0.340. The zero-order valence-electron chi connectivity index (χ0n) is 19.3. The van der Waals surface area contributed by atoms with Crippen LogP contribution in [0, 0.1) is 0 Å². The van der Waals surface area contributed by atoms with Gasteiger partial charge in [-0.1, -0.05) is 43.6 Å². The number of ether oxygens (including phenoxy) is 2. The minimum atomic E-state index is -0.0358.